The highest BCUT2D eigenvalue weighted by molar-refractivity contribution is 6.30. The van der Waals surface area contributed by atoms with Gasteiger partial charge in [-0.2, -0.15) is 0 Å². The van der Waals surface area contributed by atoms with Crippen LogP contribution in [0.5, 0.6) is 0 Å². The van der Waals surface area contributed by atoms with Crippen LogP contribution in [0.1, 0.15) is 24.7 Å². The molecule has 0 saturated carbocycles. The first-order chi connectivity index (χ1) is 12.5. The van der Waals surface area contributed by atoms with Crippen molar-refractivity contribution >= 4 is 28.5 Å². The van der Waals surface area contributed by atoms with E-state index >= 15 is 0 Å². The maximum absolute atomic E-state index is 11.6. The van der Waals surface area contributed by atoms with Gasteiger partial charge in [0.25, 0.3) is 0 Å². The molecule has 1 heterocycles. The van der Waals surface area contributed by atoms with Crippen molar-refractivity contribution in [1.82, 2.24) is 14.9 Å². The fourth-order valence-electron chi connectivity index (χ4n) is 2.91. The van der Waals surface area contributed by atoms with Crippen molar-refractivity contribution in [2.24, 2.45) is 0 Å². The Morgan fingerprint density at radius 1 is 1.23 bits per heavy atom. The van der Waals surface area contributed by atoms with Crippen LogP contribution in [0.15, 0.2) is 60.7 Å². The zero-order valence-corrected chi connectivity index (χ0v) is 15.6. The van der Waals surface area contributed by atoms with Gasteiger partial charge in [0.05, 0.1) is 11.0 Å². The second-order valence-corrected chi connectivity index (χ2v) is 6.81. The van der Waals surface area contributed by atoms with E-state index in [2.05, 4.69) is 28.6 Å². The summed E-state index contributed by atoms with van der Waals surface area (Å²) in [4.78, 5) is 16.4. The van der Waals surface area contributed by atoms with Gasteiger partial charge >= 0.3 is 0 Å². The highest BCUT2D eigenvalue weighted by Gasteiger charge is 2.11. The van der Waals surface area contributed by atoms with Gasteiger partial charge in [-0.3, -0.25) is 4.79 Å². The van der Waals surface area contributed by atoms with Gasteiger partial charge in [-0.25, -0.2) is 4.98 Å². The number of benzene rings is 2. The molecule has 0 aliphatic carbocycles. The minimum atomic E-state index is -0.0996. The number of carbonyl (C=O) groups excluding carboxylic acids is 1. The zero-order chi connectivity index (χ0) is 18.5. The Kier molecular flexibility index (Phi) is 5.74. The summed E-state index contributed by atoms with van der Waals surface area (Å²) in [5, 5.41) is 3.60. The molecule has 4 nitrogen and oxygen atoms in total. The van der Waals surface area contributed by atoms with Crippen molar-refractivity contribution < 1.29 is 4.79 Å². The lowest BCUT2D eigenvalue weighted by molar-refractivity contribution is -0.117. The van der Waals surface area contributed by atoms with Crippen molar-refractivity contribution in [1.29, 1.82) is 0 Å². The summed E-state index contributed by atoms with van der Waals surface area (Å²) in [6.45, 7) is 6.68. The molecule has 0 radical (unpaired) electrons. The van der Waals surface area contributed by atoms with Gasteiger partial charge in [0.15, 0.2) is 0 Å². The second-order valence-electron chi connectivity index (χ2n) is 6.37. The van der Waals surface area contributed by atoms with E-state index in [0.29, 0.717) is 18.7 Å². The lowest BCUT2D eigenvalue weighted by Gasteiger charge is -2.10. The van der Waals surface area contributed by atoms with Crippen LogP contribution in [0.25, 0.3) is 11.0 Å². The standard InChI is InChI=1S/C21H22ClN3O/c1-15(2)21(26)23-12-6-11-20-24-18-9-3-4-10-19(18)25(20)14-16-7-5-8-17(22)13-16/h3-5,7-10,13H,1,6,11-12,14H2,2H3,(H,23,26). The molecule has 0 atom stereocenters. The van der Waals surface area contributed by atoms with Gasteiger partial charge in [0, 0.05) is 30.1 Å². The number of hydrogen-bond donors (Lipinski definition) is 1. The molecular formula is C21H22ClN3O. The summed E-state index contributed by atoms with van der Waals surface area (Å²) in [5.41, 5.74) is 3.75. The van der Waals surface area contributed by atoms with E-state index < -0.39 is 0 Å². The number of halogens is 1. The van der Waals surface area contributed by atoms with Gasteiger partial charge in [-0.15, -0.1) is 0 Å². The Morgan fingerprint density at radius 2 is 2.04 bits per heavy atom. The van der Waals surface area contributed by atoms with Crippen LogP contribution < -0.4 is 5.32 Å². The van der Waals surface area contributed by atoms with Crippen LogP contribution in [-0.2, 0) is 17.8 Å². The summed E-state index contributed by atoms with van der Waals surface area (Å²) in [6.07, 6.45) is 1.60. The molecule has 5 heteroatoms. The molecule has 0 spiro atoms. The number of nitrogens with zero attached hydrogens (tertiary/aromatic N) is 2. The minimum absolute atomic E-state index is 0.0996. The topological polar surface area (TPSA) is 46.9 Å². The number of fused-ring (bicyclic) bond motifs is 1. The molecule has 0 aliphatic heterocycles. The van der Waals surface area contributed by atoms with E-state index in [-0.39, 0.29) is 5.91 Å². The van der Waals surface area contributed by atoms with E-state index in [1.807, 2.05) is 36.4 Å². The van der Waals surface area contributed by atoms with E-state index in [1.54, 1.807) is 6.92 Å². The van der Waals surface area contributed by atoms with Crippen LogP contribution in [0.4, 0.5) is 0 Å². The first-order valence-electron chi connectivity index (χ1n) is 8.67. The number of aromatic nitrogens is 2. The van der Waals surface area contributed by atoms with Crippen molar-refractivity contribution in [2.75, 3.05) is 6.54 Å². The monoisotopic (exact) mass is 367 g/mol. The Labute approximate surface area is 158 Å². The lowest BCUT2D eigenvalue weighted by Crippen LogP contribution is -2.25. The number of amides is 1. The van der Waals surface area contributed by atoms with Gasteiger partial charge < -0.3 is 9.88 Å². The fraction of sp³-hybridized carbons (Fsp3) is 0.238. The third-order valence-corrected chi connectivity index (χ3v) is 4.45. The number of aryl methyl sites for hydroxylation is 1. The number of imidazole rings is 1. The Balaban J connectivity index is 1.78. The average molecular weight is 368 g/mol. The van der Waals surface area contributed by atoms with Gasteiger partial charge in [0.2, 0.25) is 5.91 Å². The molecule has 3 rings (SSSR count). The third kappa shape index (κ3) is 4.33. The minimum Gasteiger partial charge on any atom is -0.352 e. The number of rotatable bonds is 7. The molecule has 0 fully saturated rings. The third-order valence-electron chi connectivity index (χ3n) is 4.21. The fourth-order valence-corrected chi connectivity index (χ4v) is 3.12. The average Bonchev–Trinajstić information content (AvgIpc) is 2.96. The first kappa shape index (κ1) is 18.2. The van der Waals surface area contributed by atoms with Crippen LogP contribution in [0.3, 0.4) is 0 Å². The van der Waals surface area contributed by atoms with E-state index in [9.17, 15) is 4.79 Å². The summed E-state index contributed by atoms with van der Waals surface area (Å²) >= 11 is 6.13. The number of para-hydroxylation sites is 2. The van der Waals surface area contributed by atoms with Gasteiger partial charge in [-0.1, -0.05) is 42.4 Å². The smallest absolute Gasteiger partial charge is 0.246 e. The van der Waals surface area contributed by atoms with Gasteiger partial charge in [0.1, 0.15) is 5.82 Å². The quantitative estimate of drug-likeness (QED) is 0.498. The predicted octanol–water partition coefficient (Wildman–Crippen LogP) is 4.36. The van der Waals surface area contributed by atoms with Crippen molar-refractivity contribution in [3.63, 3.8) is 0 Å². The highest BCUT2D eigenvalue weighted by atomic mass is 35.5. The Hall–Kier alpha value is -2.59. The Bertz CT molecular complexity index is 945. The predicted molar refractivity (Wildman–Crippen MR) is 106 cm³/mol. The summed E-state index contributed by atoms with van der Waals surface area (Å²) in [6, 6.07) is 16.0. The van der Waals surface area contributed by atoms with Crippen LogP contribution in [-0.4, -0.2) is 22.0 Å². The second kappa shape index (κ2) is 8.19. The molecule has 2 aromatic carbocycles. The molecule has 26 heavy (non-hydrogen) atoms. The lowest BCUT2D eigenvalue weighted by atomic mass is 10.2. The molecule has 1 amide bonds. The summed E-state index contributed by atoms with van der Waals surface area (Å²) in [7, 11) is 0. The molecule has 3 aromatic rings. The largest absolute Gasteiger partial charge is 0.352 e. The Morgan fingerprint density at radius 3 is 2.81 bits per heavy atom. The van der Waals surface area contributed by atoms with E-state index in [4.69, 9.17) is 16.6 Å². The van der Waals surface area contributed by atoms with Gasteiger partial charge in [-0.05, 0) is 43.2 Å². The first-order valence-corrected chi connectivity index (χ1v) is 9.04. The van der Waals surface area contributed by atoms with E-state index in [0.717, 1.165) is 40.3 Å². The molecule has 0 bridgehead atoms. The summed E-state index contributed by atoms with van der Waals surface area (Å²) in [5.74, 6) is 0.910. The maximum Gasteiger partial charge on any atom is 0.246 e. The van der Waals surface area contributed by atoms with Crippen molar-refractivity contribution in [3.8, 4) is 0 Å². The molecule has 0 unspecified atom stereocenters. The van der Waals surface area contributed by atoms with Crippen LogP contribution in [0, 0.1) is 0 Å². The van der Waals surface area contributed by atoms with Crippen molar-refractivity contribution in [2.45, 2.75) is 26.3 Å². The maximum atomic E-state index is 11.6. The number of carbonyl (C=O) groups is 1. The van der Waals surface area contributed by atoms with Crippen LogP contribution in [0.2, 0.25) is 5.02 Å². The van der Waals surface area contributed by atoms with Crippen molar-refractivity contribution in [3.05, 3.63) is 77.1 Å². The molecular weight excluding hydrogens is 346 g/mol. The number of nitrogens with one attached hydrogen (secondary N) is 1. The molecule has 1 aromatic heterocycles. The molecule has 0 aliphatic rings. The summed E-state index contributed by atoms with van der Waals surface area (Å²) < 4.78 is 2.22. The number of hydrogen-bond acceptors (Lipinski definition) is 2. The highest BCUT2D eigenvalue weighted by Crippen LogP contribution is 2.20. The normalized spacial score (nSPS) is 10.8. The SMILES string of the molecule is C=C(C)C(=O)NCCCc1nc2ccccc2n1Cc1cccc(Cl)c1. The van der Waals surface area contributed by atoms with Crippen LogP contribution >= 0.6 is 11.6 Å². The molecule has 0 saturated heterocycles. The molecule has 134 valence electrons. The molecule has 1 N–H and O–H groups in total. The van der Waals surface area contributed by atoms with E-state index in [1.165, 1.54) is 0 Å². The zero-order valence-electron chi connectivity index (χ0n) is 14.8.